The molecule has 0 fully saturated rings. The summed E-state index contributed by atoms with van der Waals surface area (Å²) in [5.74, 6) is 4.27. The fraction of sp³-hybridized carbons (Fsp3) is 0.921. The van der Waals surface area contributed by atoms with Gasteiger partial charge in [0.15, 0.2) is 6.10 Å². The van der Waals surface area contributed by atoms with Gasteiger partial charge in [-0.05, 0) is 12.8 Å². The van der Waals surface area contributed by atoms with Gasteiger partial charge in [-0.1, -0.05) is 168 Å². The molecule has 12 heteroatoms. The summed E-state index contributed by atoms with van der Waals surface area (Å²) in [6, 6.07) is -1.00. The van der Waals surface area contributed by atoms with Crippen molar-refractivity contribution in [3.8, 4) is 0 Å². The van der Waals surface area contributed by atoms with Crippen molar-refractivity contribution < 1.29 is 42.4 Å². The molecule has 296 valence electrons. The number of aldehydes is 1. The average molecular weight is 735 g/mol. The molecule has 0 saturated carbocycles. The quantitative estimate of drug-likeness (QED) is 0.0138. The van der Waals surface area contributed by atoms with Crippen molar-refractivity contribution in [1.29, 1.82) is 0 Å². The molecule has 0 radical (unpaired) electrons. The maximum absolute atomic E-state index is 12.6. The zero-order valence-corrected chi connectivity index (χ0v) is 32.8. The molecule has 0 aliphatic carbocycles. The molecule has 11 nitrogen and oxygen atoms in total. The van der Waals surface area contributed by atoms with Crippen LogP contribution in [0.5, 0.6) is 0 Å². The average Bonchev–Trinajstić information content (AvgIpc) is 3.10. The molecule has 0 rings (SSSR count). The maximum atomic E-state index is 12.6. The van der Waals surface area contributed by atoms with Gasteiger partial charge in [-0.25, -0.2) is 9.99 Å². The molecule has 3 unspecified atom stereocenters. The lowest BCUT2D eigenvalue weighted by Gasteiger charge is -2.20. The number of esters is 2. The predicted molar refractivity (Wildman–Crippen MR) is 200 cm³/mol. The van der Waals surface area contributed by atoms with E-state index in [0.717, 1.165) is 38.5 Å². The fourth-order valence-corrected chi connectivity index (χ4v) is 6.49. The highest BCUT2D eigenvalue weighted by molar-refractivity contribution is 7.47. The van der Waals surface area contributed by atoms with Crippen LogP contribution in [0.15, 0.2) is 0 Å². The largest absolute Gasteiger partial charge is 0.472 e. The number of hydrogen-bond acceptors (Lipinski definition) is 10. The van der Waals surface area contributed by atoms with Gasteiger partial charge in [-0.15, -0.1) is 0 Å². The van der Waals surface area contributed by atoms with Crippen LogP contribution in [-0.4, -0.2) is 55.1 Å². The van der Waals surface area contributed by atoms with E-state index in [-0.39, 0.29) is 19.4 Å². The molecular weight excluding hydrogens is 659 g/mol. The zero-order chi connectivity index (χ0) is 37.0. The van der Waals surface area contributed by atoms with Crippen LogP contribution in [0, 0.1) is 0 Å². The van der Waals surface area contributed by atoms with Gasteiger partial charge in [0.25, 0.3) is 0 Å². The predicted octanol–water partition coefficient (Wildman–Crippen LogP) is 9.57. The Balaban J connectivity index is 4.38. The van der Waals surface area contributed by atoms with Crippen LogP contribution in [0.4, 0.5) is 0 Å². The van der Waals surface area contributed by atoms with Crippen LogP contribution < -0.4 is 11.3 Å². The number of hydrogen-bond donors (Lipinski definition) is 3. The summed E-state index contributed by atoms with van der Waals surface area (Å²) in [6.07, 6.45) is 31.0. The van der Waals surface area contributed by atoms with Gasteiger partial charge in [0.2, 0.25) is 0 Å². The minimum Gasteiger partial charge on any atom is -0.462 e. The third-order valence-corrected chi connectivity index (χ3v) is 9.87. The smallest absolute Gasteiger partial charge is 0.462 e. The molecule has 3 atom stereocenters. The van der Waals surface area contributed by atoms with Gasteiger partial charge in [0.1, 0.15) is 18.9 Å². The van der Waals surface area contributed by atoms with Crippen molar-refractivity contribution in [3.05, 3.63) is 0 Å². The number of nitrogens with two attached hydrogens (primary N) is 1. The summed E-state index contributed by atoms with van der Waals surface area (Å²) in [5, 5.41) is 0. The molecule has 0 saturated heterocycles. The molecule has 0 bridgehead atoms. The number of carbonyl (C=O) groups excluding carboxylic acids is 3. The number of phosphoric acid groups is 1. The summed E-state index contributed by atoms with van der Waals surface area (Å²) >= 11 is 0. The van der Waals surface area contributed by atoms with Crippen molar-refractivity contribution >= 4 is 26.0 Å². The fourth-order valence-electron chi connectivity index (χ4n) is 5.71. The Morgan fingerprint density at radius 2 is 0.960 bits per heavy atom. The van der Waals surface area contributed by atoms with E-state index >= 15 is 0 Å². The van der Waals surface area contributed by atoms with Gasteiger partial charge >= 0.3 is 19.8 Å². The first-order chi connectivity index (χ1) is 24.3. The SMILES string of the molecule is CCCCCCCCCCCCCCCC(=O)OCC(COP(=O)(O)OCC(C=O)NN)OC(=O)CCCCCCCCCCCCCCC. The number of unbranched alkanes of at least 4 members (excludes halogenated alkanes) is 24. The van der Waals surface area contributed by atoms with Crippen LogP contribution in [-0.2, 0) is 37.5 Å². The van der Waals surface area contributed by atoms with Gasteiger partial charge in [0, 0.05) is 12.8 Å². The van der Waals surface area contributed by atoms with Gasteiger partial charge < -0.3 is 19.2 Å². The van der Waals surface area contributed by atoms with Crippen LogP contribution in [0.3, 0.4) is 0 Å². The van der Waals surface area contributed by atoms with Crippen LogP contribution in [0.1, 0.15) is 194 Å². The van der Waals surface area contributed by atoms with Crippen molar-refractivity contribution in [3.63, 3.8) is 0 Å². The Morgan fingerprint density at radius 1 is 0.600 bits per heavy atom. The molecule has 4 N–H and O–H groups in total. The molecule has 0 aromatic carbocycles. The van der Waals surface area contributed by atoms with E-state index < -0.39 is 45.1 Å². The number of phosphoric ester groups is 1. The van der Waals surface area contributed by atoms with Crippen LogP contribution >= 0.6 is 7.82 Å². The third-order valence-electron chi connectivity index (χ3n) is 8.92. The Morgan fingerprint density at radius 3 is 1.34 bits per heavy atom. The van der Waals surface area contributed by atoms with E-state index in [9.17, 15) is 23.8 Å². The number of rotatable bonds is 39. The number of ether oxygens (including phenoxy) is 2. The molecule has 0 aliphatic heterocycles. The van der Waals surface area contributed by atoms with E-state index in [2.05, 4.69) is 19.3 Å². The summed E-state index contributed by atoms with van der Waals surface area (Å²) < 4.78 is 33.0. The van der Waals surface area contributed by atoms with E-state index in [4.69, 9.17) is 24.4 Å². The van der Waals surface area contributed by atoms with E-state index in [1.165, 1.54) is 116 Å². The first kappa shape index (κ1) is 48.6. The summed E-state index contributed by atoms with van der Waals surface area (Å²) in [5.41, 5.74) is 2.14. The molecule has 0 aromatic heterocycles. The Hall–Kier alpha value is -1.36. The van der Waals surface area contributed by atoms with Crippen LogP contribution in [0.2, 0.25) is 0 Å². The van der Waals surface area contributed by atoms with Crippen LogP contribution in [0.25, 0.3) is 0 Å². The van der Waals surface area contributed by atoms with Gasteiger partial charge in [-0.2, -0.15) is 0 Å². The van der Waals surface area contributed by atoms with Gasteiger partial charge in [-0.3, -0.25) is 24.5 Å². The first-order valence-corrected chi connectivity index (χ1v) is 21.7. The standard InChI is InChI=1S/C38H75N2O9P/c1-3-5-7-9-11-13-15-17-19-21-23-25-27-29-37(42)46-33-36(34-48-50(44,45)47-32-35(31-41)40-39)49-38(43)30-28-26-24-22-20-18-16-14-12-10-8-6-4-2/h31,35-36,40H,3-30,32-34,39H2,1-2H3,(H,44,45). The normalized spacial score (nSPS) is 13.8. The second-order valence-corrected chi connectivity index (χ2v) is 15.2. The second kappa shape index (κ2) is 36.0. The van der Waals surface area contributed by atoms with Crippen molar-refractivity contribution in [2.24, 2.45) is 5.84 Å². The van der Waals surface area contributed by atoms with Gasteiger partial charge in [0.05, 0.1) is 13.2 Å². The molecular formula is C38H75N2O9P. The Labute approximate surface area is 304 Å². The lowest BCUT2D eigenvalue weighted by molar-refractivity contribution is -0.161. The molecule has 0 aromatic rings. The Bertz CT molecular complexity index is 849. The van der Waals surface area contributed by atoms with Crippen molar-refractivity contribution in [2.45, 2.75) is 206 Å². The molecule has 0 aliphatic rings. The zero-order valence-electron chi connectivity index (χ0n) is 31.9. The van der Waals surface area contributed by atoms with Crippen molar-refractivity contribution in [1.82, 2.24) is 5.43 Å². The van der Waals surface area contributed by atoms with Crippen molar-refractivity contribution in [2.75, 3.05) is 19.8 Å². The second-order valence-electron chi connectivity index (χ2n) is 13.7. The number of carbonyl (C=O) groups is 3. The lowest BCUT2D eigenvalue weighted by atomic mass is 10.0. The van der Waals surface area contributed by atoms with E-state index in [0.29, 0.717) is 19.1 Å². The topological polar surface area (TPSA) is 163 Å². The number of nitrogens with one attached hydrogen (secondary N) is 1. The summed E-state index contributed by atoms with van der Waals surface area (Å²) in [6.45, 7) is 3.16. The molecule has 0 amide bonds. The molecule has 50 heavy (non-hydrogen) atoms. The summed E-state index contributed by atoms with van der Waals surface area (Å²) in [4.78, 5) is 45.9. The minimum absolute atomic E-state index is 0.192. The van der Waals surface area contributed by atoms with E-state index in [1.807, 2.05) is 0 Å². The highest BCUT2D eigenvalue weighted by Crippen LogP contribution is 2.43. The highest BCUT2D eigenvalue weighted by Gasteiger charge is 2.27. The monoisotopic (exact) mass is 735 g/mol. The number of hydrazine groups is 1. The Kier molecular flexibility index (Phi) is 35.0. The third kappa shape index (κ3) is 33.8. The molecule has 0 spiro atoms. The highest BCUT2D eigenvalue weighted by atomic mass is 31.2. The molecule has 0 heterocycles. The minimum atomic E-state index is -4.60. The first-order valence-electron chi connectivity index (χ1n) is 20.2. The van der Waals surface area contributed by atoms with E-state index in [1.54, 1.807) is 0 Å². The lowest BCUT2D eigenvalue weighted by Crippen LogP contribution is -2.39. The summed E-state index contributed by atoms with van der Waals surface area (Å²) in [7, 11) is -4.60. The maximum Gasteiger partial charge on any atom is 0.472 e.